The van der Waals surface area contributed by atoms with Crippen LogP contribution in [0.15, 0.2) is 24.4 Å². The van der Waals surface area contributed by atoms with Crippen molar-refractivity contribution in [1.29, 1.82) is 0 Å². The van der Waals surface area contributed by atoms with Crippen LogP contribution < -0.4 is 5.73 Å². The fourth-order valence-electron chi connectivity index (χ4n) is 1.79. The van der Waals surface area contributed by atoms with Crippen molar-refractivity contribution in [3.05, 3.63) is 47.0 Å². The monoisotopic (exact) mass is 245 g/mol. The minimum atomic E-state index is -0.245. The number of nitrogens with two attached hydrogens (primary N) is 1. The summed E-state index contributed by atoms with van der Waals surface area (Å²) in [4.78, 5) is 8.62. The lowest BCUT2D eigenvalue weighted by atomic mass is 10.1. The van der Waals surface area contributed by atoms with E-state index < -0.39 is 0 Å². The second-order valence-electron chi connectivity index (χ2n) is 4.49. The summed E-state index contributed by atoms with van der Waals surface area (Å²) in [5, 5.41) is 0. The number of aromatic nitrogens is 2. The van der Waals surface area contributed by atoms with Crippen molar-refractivity contribution in [2.45, 2.75) is 26.8 Å². The first-order valence-electron chi connectivity index (χ1n) is 5.84. The molecule has 0 aliphatic heterocycles. The van der Waals surface area contributed by atoms with Crippen molar-refractivity contribution < 1.29 is 4.39 Å². The lowest BCUT2D eigenvalue weighted by Crippen LogP contribution is -2.09. The lowest BCUT2D eigenvalue weighted by molar-refractivity contribution is 0.619. The second-order valence-corrected chi connectivity index (χ2v) is 4.49. The largest absolute Gasteiger partial charge is 0.324 e. The lowest BCUT2D eigenvalue weighted by Gasteiger charge is -2.10. The highest BCUT2D eigenvalue weighted by atomic mass is 19.1. The molecule has 1 aromatic heterocycles. The molecule has 0 amide bonds. The summed E-state index contributed by atoms with van der Waals surface area (Å²) in [7, 11) is 0. The number of halogens is 1. The minimum Gasteiger partial charge on any atom is -0.324 e. The summed E-state index contributed by atoms with van der Waals surface area (Å²) in [6, 6.07) is 4.89. The highest BCUT2D eigenvalue weighted by molar-refractivity contribution is 5.56. The number of nitrogens with zero attached hydrogens (tertiary/aromatic N) is 2. The van der Waals surface area contributed by atoms with Crippen molar-refractivity contribution in [3.63, 3.8) is 0 Å². The van der Waals surface area contributed by atoms with Gasteiger partial charge in [0.1, 0.15) is 5.82 Å². The van der Waals surface area contributed by atoms with Gasteiger partial charge in [0, 0.05) is 29.1 Å². The third-order valence-electron chi connectivity index (χ3n) is 2.94. The van der Waals surface area contributed by atoms with Crippen molar-refractivity contribution in [1.82, 2.24) is 9.97 Å². The molecule has 1 aromatic carbocycles. The summed E-state index contributed by atoms with van der Waals surface area (Å²) in [5.41, 5.74) is 8.84. The van der Waals surface area contributed by atoms with E-state index in [-0.39, 0.29) is 11.9 Å². The predicted molar refractivity (Wildman–Crippen MR) is 69.5 cm³/mol. The van der Waals surface area contributed by atoms with Crippen LogP contribution in [0.25, 0.3) is 11.4 Å². The summed E-state index contributed by atoms with van der Waals surface area (Å²) >= 11 is 0. The van der Waals surface area contributed by atoms with Gasteiger partial charge in [-0.3, -0.25) is 0 Å². The van der Waals surface area contributed by atoms with Crippen molar-refractivity contribution >= 4 is 0 Å². The maximum atomic E-state index is 13.5. The number of aryl methyl sites for hydroxylation is 2. The van der Waals surface area contributed by atoms with Crippen molar-refractivity contribution in [2.24, 2.45) is 5.73 Å². The van der Waals surface area contributed by atoms with E-state index in [0.717, 1.165) is 11.3 Å². The zero-order valence-corrected chi connectivity index (χ0v) is 10.7. The highest BCUT2D eigenvalue weighted by Gasteiger charge is 2.09. The average Bonchev–Trinajstić information content (AvgIpc) is 2.32. The van der Waals surface area contributed by atoms with Gasteiger partial charge in [0.05, 0.1) is 0 Å². The Morgan fingerprint density at radius 3 is 2.56 bits per heavy atom. The van der Waals surface area contributed by atoms with Crippen LogP contribution in [-0.2, 0) is 0 Å². The molecule has 2 N–H and O–H groups in total. The molecule has 94 valence electrons. The Morgan fingerprint density at radius 1 is 1.28 bits per heavy atom. The number of benzene rings is 1. The Morgan fingerprint density at radius 2 is 2.00 bits per heavy atom. The minimum absolute atomic E-state index is 0.103. The van der Waals surface area contributed by atoms with Gasteiger partial charge in [0.15, 0.2) is 5.82 Å². The Labute approximate surface area is 106 Å². The molecule has 1 atom stereocenters. The zero-order valence-electron chi connectivity index (χ0n) is 10.7. The SMILES string of the molecule is Cc1ccc(-c2ncc([C@@H](C)N)c(C)n2)cc1F. The van der Waals surface area contributed by atoms with Crippen LogP contribution in [0, 0.1) is 19.7 Å². The first kappa shape index (κ1) is 12.6. The maximum Gasteiger partial charge on any atom is 0.159 e. The van der Waals surface area contributed by atoms with Gasteiger partial charge >= 0.3 is 0 Å². The van der Waals surface area contributed by atoms with Crippen LogP contribution in [0.4, 0.5) is 4.39 Å². The molecule has 2 aromatic rings. The Kier molecular flexibility index (Phi) is 3.39. The smallest absolute Gasteiger partial charge is 0.159 e. The topological polar surface area (TPSA) is 51.8 Å². The fourth-order valence-corrected chi connectivity index (χ4v) is 1.79. The van der Waals surface area contributed by atoms with E-state index in [9.17, 15) is 4.39 Å². The second kappa shape index (κ2) is 4.82. The summed E-state index contributed by atoms with van der Waals surface area (Å²) in [6.07, 6.45) is 1.71. The first-order chi connectivity index (χ1) is 8.49. The van der Waals surface area contributed by atoms with Crippen LogP contribution in [-0.4, -0.2) is 9.97 Å². The summed E-state index contributed by atoms with van der Waals surface area (Å²) in [5.74, 6) is 0.279. The third kappa shape index (κ3) is 2.38. The van der Waals surface area contributed by atoms with E-state index in [0.29, 0.717) is 17.0 Å². The van der Waals surface area contributed by atoms with Crippen LogP contribution in [0.5, 0.6) is 0 Å². The van der Waals surface area contributed by atoms with Crippen molar-refractivity contribution in [2.75, 3.05) is 0 Å². The van der Waals surface area contributed by atoms with E-state index in [4.69, 9.17) is 5.73 Å². The predicted octanol–water partition coefficient (Wildman–Crippen LogP) is 2.92. The van der Waals surface area contributed by atoms with E-state index in [1.807, 2.05) is 19.9 Å². The van der Waals surface area contributed by atoms with Gasteiger partial charge < -0.3 is 5.73 Å². The van der Waals surface area contributed by atoms with Gasteiger partial charge in [-0.15, -0.1) is 0 Å². The van der Waals surface area contributed by atoms with E-state index >= 15 is 0 Å². The summed E-state index contributed by atoms with van der Waals surface area (Å²) < 4.78 is 13.5. The molecular weight excluding hydrogens is 229 g/mol. The van der Waals surface area contributed by atoms with Crippen LogP contribution in [0.1, 0.15) is 29.8 Å². The Balaban J connectivity index is 2.45. The molecule has 0 fully saturated rings. The average molecular weight is 245 g/mol. The van der Waals surface area contributed by atoms with Gasteiger partial charge in [-0.05, 0) is 32.4 Å². The van der Waals surface area contributed by atoms with Crippen LogP contribution >= 0.6 is 0 Å². The van der Waals surface area contributed by atoms with E-state index in [1.54, 1.807) is 19.2 Å². The highest BCUT2D eigenvalue weighted by Crippen LogP contribution is 2.20. The van der Waals surface area contributed by atoms with Gasteiger partial charge in [-0.25, -0.2) is 14.4 Å². The Hall–Kier alpha value is -1.81. The van der Waals surface area contributed by atoms with Gasteiger partial charge in [0.25, 0.3) is 0 Å². The number of hydrogen-bond donors (Lipinski definition) is 1. The molecule has 0 unspecified atom stereocenters. The van der Waals surface area contributed by atoms with Gasteiger partial charge in [0.2, 0.25) is 0 Å². The Bertz CT molecular complexity index is 579. The summed E-state index contributed by atoms with van der Waals surface area (Å²) in [6.45, 7) is 5.50. The molecule has 2 rings (SSSR count). The third-order valence-corrected chi connectivity index (χ3v) is 2.94. The zero-order chi connectivity index (χ0) is 13.3. The maximum absolute atomic E-state index is 13.5. The van der Waals surface area contributed by atoms with Crippen molar-refractivity contribution in [3.8, 4) is 11.4 Å². The molecule has 0 aliphatic carbocycles. The normalized spacial score (nSPS) is 12.5. The molecule has 0 aliphatic rings. The number of rotatable bonds is 2. The molecule has 0 radical (unpaired) electrons. The molecule has 0 bridgehead atoms. The quantitative estimate of drug-likeness (QED) is 0.885. The standard InChI is InChI=1S/C14H16FN3/c1-8-4-5-11(6-13(8)15)14-17-7-12(9(2)16)10(3)18-14/h4-7,9H,16H2,1-3H3/t9-/m1/s1. The molecular formula is C14H16FN3. The van der Waals surface area contributed by atoms with Crippen LogP contribution in [0.3, 0.4) is 0 Å². The van der Waals surface area contributed by atoms with E-state index in [1.165, 1.54) is 6.07 Å². The molecule has 0 saturated heterocycles. The van der Waals surface area contributed by atoms with Crippen LogP contribution in [0.2, 0.25) is 0 Å². The van der Waals surface area contributed by atoms with Gasteiger partial charge in [-0.1, -0.05) is 12.1 Å². The van der Waals surface area contributed by atoms with E-state index in [2.05, 4.69) is 9.97 Å². The molecule has 0 saturated carbocycles. The molecule has 4 heteroatoms. The number of hydrogen-bond acceptors (Lipinski definition) is 3. The molecule has 0 spiro atoms. The molecule has 1 heterocycles. The first-order valence-corrected chi connectivity index (χ1v) is 5.84. The molecule has 18 heavy (non-hydrogen) atoms. The molecule has 3 nitrogen and oxygen atoms in total. The van der Waals surface area contributed by atoms with Gasteiger partial charge in [-0.2, -0.15) is 0 Å². The fraction of sp³-hybridized carbons (Fsp3) is 0.286.